The molecule has 20 heavy (non-hydrogen) atoms. The average Bonchev–Trinajstić information content (AvgIpc) is 2.89. The molecular formula is C16H23NO3. The maximum atomic E-state index is 6.11. The van der Waals surface area contributed by atoms with Gasteiger partial charge in [0.2, 0.25) is 0 Å². The molecule has 110 valence electrons. The van der Waals surface area contributed by atoms with E-state index in [2.05, 4.69) is 36.5 Å². The summed E-state index contributed by atoms with van der Waals surface area (Å²) >= 11 is 0. The van der Waals surface area contributed by atoms with Crippen molar-refractivity contribution in [3.8, 4) is 0 Å². The molecule has 0 saturated carbocycles. The third-order valence-electron chi connectivity index (χ3n) is 4.12. The maximum absolute atomic E-state index is 6.11. The minimum absolute atomic E-state index is 0.138. The van der Waals surface area contributed by atoms with E-state index in [1.807, 2.05) is 6.07 Å². The van der Waals surface area contributed by atoms with Gasteiger partial charge >= 0.3 is 0 Å². The predicted octanol–water partition coefficient (Wildman–Crippen LogP) is 2.26. The van der Waals surface area contributed by atoms with Crippen molar-refractivity contribution in [3.63, 3.8) is 0 Å². The lowest BCUT2D eigenvalue weighted by atomic mass is 10.1. The molecule has 1 spiro atoms. The van der Waals surface area contributed by atoms with Gasteiger partial charge in [-0.3, -0.25) is 0 Å². The monoisotopic (exact) mass is 277 g/mol. The SMILES string of the molecule is CC(NCC1COC2(CCOCC2)O1)c1ccccc1. The van der Waals surface area contributed by atoms with Gasteiger partial charge in [0.05, 0.1) is 25.9 Å². The molecule has 2 heterocycles. The summed E-state index contributed by atoms with van der Waals surface area (Å²) in [6.07, 6.45) is 1.83. The first kappa shape index (κ1) is 14.0. The highest BCUT2D eigenvalue weighted by Gasteiger charge is 2.42. The Kier molecular flexibility index (Phi) is 4.36. The smallest absolute Gasteiger partial charge is 0.173 e. The fourth-order valence-corrected chi connectivity index (χ4v) is 2.83. The molecule has 1 aromatic carbocycles. The summed E-state index contributed by atoms with van der Waals surface area (Å²) in [4.78, 5) is 0. The van der Waals surface area contributed by atoms with E-state index < -0.39 is 0 Å². The second kappa shape index (κ2) is 6.22. The third kappa shape index (κ3) is 3.20. The van der Waals surface area contributed by atoms with Crippen LogP contribution >= 0.6 is 0 Å². The zero-order chi connectivity index (χ0) is 13.8. The summed E-state index contributed by atoms with van der Waals surface area (Å²) in [6, 6.07) is 10.8. The van der Waals surface area contributed by atoms with E-state index in [9.17, 15) is 0 Å². The normalized spacial score (nSPS) is 26.8. The molecule has 2 atom stereocenters. The Labute approximate surface area is 120 Å². The highest BCUT2D eigenvalue weighted by molar-refractivity contribution is 5.18. The van der Waals surface area contributed by atoms with Crippen LogP contribution in [0.5, 0.6) is 0 Å². The van der Waals surface area contributed by atoms with Crippen molar-refractivity contribution in [1.29, 1.82) is 0 Å². The minimum atomic E-state index is -0.374. The number of nitrogens with one attached hydrogen (secondary N) is 1. The van der Waals surface area contributed by atoms with Gasteiger partial charge in [0.1, 0.15) is 0 Å². The molecule has 1 aromatic rings. The molecule has 1 N–H and O–H groups in total. The van der Waals surface area contributed by atoms with Crippen LogP contribution in [-0.4, -0.2) is 38.3 Å². The lowest BCUT2D eigenvalue weighted by Gasteiger charge is -2.31. The maximum Gasteiger partial charge on any atom is 0.173 e. The van der Waals surface area contributed by atoms with E-state index in [1.165, 1.54) is 5.56 Å². The molecule has 0 bridgehead atoms. The van der Waals surface area contributed by atoms with Gasteiger partial charge < -0.3 is 19.5 Å². The Morgan fingerprint density at radius 1 is 1.25 bits per heavy atom. The highest BCUT2D eigenvalue weighted by Crippen LogP contribution is 2.33. The van der Waals surface area contributed by atoms with Crippen LogP contribution in [-0.2, 0) is 14.2 Å². The molecule has 0 aromatic heterocycles. The standard InChI is InChI=1S/C16H23NO3/c1-13(14-5-3-2-4-6-14)17-11-15-12-19-16(20-15)7-9-18-10-8-16/h2-6,13,15,17H,7-12H2,1H3. The topological polar surface area (TPSA) is 39.7 Å². The van der Waals surface area contributed by atoms with Gasteiger partial charge in [-0.25, -0.2) is 0 Å². The first-order valence-electron chi connectivity index (χ1n) is 7.45. The van der Waals surface area contributed by atoms with E-state index in [0.717, 1.165) is 32.6 Å². The van der Waals surface area contributed by atoms with Gasteiger partial charge in [-0.05, 0) is 12.5 Å². The molecule has 0 radical (unpaired) electrons. The molecule has 4 heteroatoms. The van der Waals surface area contributed by atoms with E-state index in [1.54, 1.807) is 0 Å². The lowest BCUT2D eigenvalue weighted by Crippen LogP contribution is -2.39. The first-order chi connectivity index (χ1) is 9.77. The van der Waals surface area contributed by atoms with Crippen molar-refractivity contribution in [2.24, 2.45) is 0 Å². The van der Waals surface area contributed by atoms with Gasteiger partial charge in [0.25, 0.3) is 0 Å². The lowest BCUT2D eigenvalue weighted by molar-refractivity contribution is -0.210. The number of ether oxygens (including phenoxy) is 3. The Morgan fingerprint density at radius 2 is 2.00 bits per heavy atom. The largest absolute Gasteiger partial charge is 0.381 e. The molecule has 2 saturated heterocycles. The second-order valence-electron chi connectivity index (χ2n) is 5.61. The fourth-order valence-electron chi connectivity index (χ4n) is 2.83. The molecule has 0 aliphatic carbocycles. The Morgan fingerprint density at radius 3 is 2.75 bits per heavy atom. The molecule has 2 unspecified atom stereocenters. The van der Waals surface area contributed by atoms with Crippen molar-refractivity contribution >= 4 is 0 Å². The van der Waals surface area contributed by atoms with Gasteiger partial charge in [-0.2, -0.15) is 0 Å². The summed E-state index contributed by atoms with van der Waals surface area (Å²) in [5.41, 5.74) is 1.30. The Bertz CT molecular complexity index is 417. The van der Waals surface area contributed by atoms with Gasteiger partial charge in [0, 0.05) is 25.4 Å². The summed E-state index contributed by atoms with van der Waals surface area (Å²) in [6.45, 7) is 5.14. The van der Waals surface area contributed by atoms with Crippen molar-refractivity contribution in [1.82, 2.24) is 5.32 Å². The van der Waals surface area contributed by atoms with Gasteiger partial charge in [0.15, 0.2) is 5.79 Å². The van der Waals surface area contributed by atoms with Crippen LogP contribution in [0, 0.1) is 0 Å². The van der Waals surface area contributed by atoms with Crippen LogP contribution in [0.2, 0.25) is 0 Å². The number of hydrogen-bond donors (Lipinski definition) is 1. The molecule has 4 nitrogen and oxygen atoms in total. The van der Waals surface area contributed by atoms with Gasteiger partial charge in [-0.1, -0.05) is 30.3 Å². The van der Waals surface area contributed by atoms with E-state index in [4.69, 9.17) is 14.2 Å². The molecule has 2 fully saturated rings. The van der Waals surface area contributed by atoms with Crippen LogP contribution in [0.25, 0.3) is 0 Å². The number of benzene rings is 1. The number of hydrogen-bond acceptors (Lipinski definition) is 4. The van der Waals surface area contributed by atoms with Gasteiger partial charge in [-0.15, -0.1) is 0 Å². The highest BCUT2D eigenvalue weighted by atomic mass is 16.7. The predicted molar refractivity (Wildman–Crippen MR) is 76.5 cm³/mol. The van der Waals surface area contributed by atoms with Crippen LogP contribution in [0.15, 0.2) is 30.3 Å². The molecule has 3 rings (SSSR count). The van der Waals surface area contributed by atoms with Crippen molar-refractivity contribution in [2.75, 3.05) is 26.4 Å². The minimum Gasteiger partial charge on any atom is -0.381 e. The Balaban J connectivity index is 1.48. The molecule has 2 aliphatic rings. The van der Waals surface area contributed by atoms with Crippen LogP contribution < -0.4 is 5.32 Å². The van der Waals surface area contributed by atoms with E-state index >= 15 is 0 Å². The number of rotatable bonds is 4. The zero-order valence-electron chi connectivity index (χ0n) is 12.0. The first-order valence-corrected chi connectivity index (χ1v) is 7.45. The van der Waals surface area contributed by atoms with Crippen molar-refractivity contribution in [3.05, 3.63) is 35.9 Å². The summed E-state index contributed by atoms with van der Waals surface area (Å²) in [5.74, 6) is -0.374. The summed E-state index contributed by atoms with van der Waals surface area (Å²) in [7, 11) is 0. The molecule has 2 aliphatic heterocycles. The average molecular weight is 277 g/mol. The summed E-state index contributed by atoms with van der Waals surface area (Å²) in [5, 5.41) is 3.53. The van der Waals surface area contributed by atoms with Crippen molar-refractivity contribution in [2.45, 2.75) is 37.7 Å². The zero-order valence-corrected chi connectivity index (χ0v) is 12.0. The van der Waals surface area contributed by atoms with E-state index in [0.29, 0.717) is 12.6 Å². The van der Waals surface area contributed by atoms with Crippen molar-refractivity contribution < 1.29 is 14.2 Å². The van der Waals surface area contributed by atoms with E-state index in [-0.39, 0.29) is 11.9 Å². The quantitative estimate of drug-likeness (QED) is 0.916. The fraction of sp³-hybridized carbons (Fsp3) is 0.625. The third-order valence-corrected chi connectivity index (χ3v) is 4.12. The second-order valence-corrected chi connectivity index (χ2v) is 5.61. The van der Waals surface area contributed by atoms with Crippen LogP contribution in [0.1, 0.15) is 31.4 Å². The van der Waals surface area contributed by atoms with Crippen LogP contribution in [0.3, 0.4) is 0 Å². The summed E-state index contributed by atoms with van der Waals surface area (Å²) < 4.78 is 17.4. The van der Waals surface area contributed by atoms with Crippen LogP contribution in [0.4, 0.5) is 0 Å². The Hall–Kier alpha value is -0.940. The molecule has 0 amide bonds. The molecular weight excluding hydrogens is 254 g/mol.